The van der Waals surface area contributed by atoms with Crippen LogP contribution in [0.1, 0.15) is 46.5 Å². The van der Waals surface area contributed by atoms with Gasteiger partial charge in [0.25, 0.3) is 0 Å². The summed E-state index contributed by atoms with van der Waals surface area (Å²) in [6.45, 7) is 6.70. The van der Waals surface area contributed by atoms with Gasteiger partial charge in [0, 0.05) is 27.7 Å². The lowest BCUT2D eigenvalue weighted by Crippen LogP contribution is -2.50. The monoisotopic (exact) mass is 458 g/mol. The Bertz CT molecular complexity index is 840. The second-order valence-electron chi connectivity index (χ2n) is 8.92. The van der Waals surface area contributed by atoms with Crippen LogP contribution in [-0.4, -0.2) is 40.8 Å². The van der Waals surface area contributed by atoms with Crippen molar-refractivity contribution in [1.82, 2.24) is 4.90 Å². The Morgan fingerprint density at radius 3 is 2.14 bits per heavy atom. The molecule has 0 aromatic heterocycles. The molecule has 2 aromatic rings. The molecule has 5 heteroatoms. The van der Waals surface area contributed by atoms with E-state index in [1.807, 2.05) is 48.5 Å². The van der Waals surface area contributed by atoms with E-state index in [0.29, 0.717) is 6.04 Å². The van der Waals surface area contributed by atoms with E-state index in [4.69, 9.17) is 0 Å². The number of rotatable bonds is 4. The Morgan fingerprint density at radius 1 is 1.00 bits per heavy atom. The average Bonchev–Trinajstić information content (AvgIpc) is 2.68. The molecule has 1 saturated carbocycles. The number of benzene rings is 2. The molecule has 4 nitrogen and oxygen atoms in total. The van der Waals surface area contributed by atoms with Gasteiger partial charge in [0.15, 0.2) is 0 Å². The molecule has 0 aliphatic heterocycles. The lowest BCUT2D eigenvalue weighted by Gasteiger charge is -2.43. The Morgan fingerprint density at radius 2 is 1.59 bits per heavy atom. The van der Waals surface area contributed by atoms with Gasteiger partial charge >= 0.3 is 6.09 Å². The molecule has 29 heavy (non-hydrogen) atoms. The zero-order valence-electron chi connectivity index (χ0n) is 17.7. The zero-order chi connectivity index (χ0) is 21.2. The Hall–Kier alpha value is -1.85. The summed E-state index contributed by atoms with van der Waals surface area (Å²) < 4.78 is 0.889. The highest BCUT2D eigenvalue weighted by Crippen LogP contribution is 2.38. The molecule has 1 fully saturated rings. The zero-order valence-corrected chi connectivity index (χ0v) is 19.3. The highest BCUT2D eigenvalue weighted by Gasteiger charge is 2.34. The van der Waals surface area contributed by atoms with Crippen molar-refractivity contribution in [2.75, 3.05) is 11.9 Å². The Labute approximate surface area is 182 Å². The molecular weight excluding hydrogens is 428 g/mol. The van der Waals surface area contributed by atoms with E-state index in [2.05, 4.69) is 48.6 Å². The van der Waals surface area contributed by atoms with Gasteiger partial charge in [-0.1, -0.05) is 52.3 Å². The molecule has 1 aliphatic carbocycles. The minimum absolute atomic E-state index is 0.00567. The van der Waals surface area contributed by atoms with Crippen molar-refractivity contribution in [2.45, 2.75) is 64.1 Å². The first-order valence-corrected chi connectivity index (χ1v) is 11.1. The number of amides is 1. The van der Waals surface area contributed by atoms with Crippen LogP contribution in [-0.2, 0) is 0 Å². The van der Waals surface area contributed by atoms with Crippen molar-refractivity contribution >= 4 is 27.7 Å². The Kier molecular flexibility index (Phi) is 6.69. The number of nitrogens with zero attached hydrogens (tertiary/aromatic N) is 2. The molecule has 1 amide bonds. The summed E-state index contributed by atoms with van der Waals surface area (Å²) >= 11 is 3.53. The second kappa shape index (κ2) is 8.88. The van der Waals surface area contributed by atoms with Gasteiger partial charge in [0.1, 0.15) is 0 Å². The van der Waals surface area contributed by atoms with Crippen molar-refractivity contribution in [3.63, 3.8) is 0 Å². The van der Waals surface area contributed by atoms with Crippen molar-refractivity contribution in [2.24, 2.45) is 0 Å². The smallest absolute Gasteiger partial charge is 0.412 e. The molecule has 0 atom stereocenters. The third-order valence-corrected chi connectivity index (χ3v) is 6.64. The SMILES string of the molecule is CN(C1CCC(N(C(=O)O)c2cc(Br)ccc2-c2ccccc2)CC1)C(C)(C)C. The maximum absolute atomic E-state index is 12.4. The topological polar surface area (TPSA) is 43.8 Å². The van der Waals surface area contributed by atoms with Gasteiger partial charge in [-0.25, -0.2) is 4.79 Å². The van der Waals surface area contributed by atoms with Crippen LogP contribution in [0.5, 0.6) is 0 Å². The third-order valence-electron chi connectivity index (χ3n) is 6.15. The maximum atomic E-state index is 12.4. The molecule has 1 N–H and O–H groups in total. The quantitative estimate of drug-likeness (QED) is 0.557. The summed E-state index contributed by atoms with van der Waals surface area (Å²) in [5, 5.41) is 10.1. The van der Waals surface area contributed by atoms with Crippen LogP contribution < -0.4 is 4.90 Å². The first kappa shape index (κ1) is 21.8. The van der Waals surface area contributed by atoms with Gasteiger partial charge in [0.05, 0.1) is 5.69 Å². The van der Waals surface area contributed by atoms with Gasteiger partial charge in [-0.15, -0.1) is 0 Å². The van der Waals surface area contributed by atoms with E-state index in [-0.39, 0.29) is 11.6 Å². The molecule has 0 heterocycles. The number of anilines is 1. The highest BCUT2D eigenvalue weighted by atomic mass is 79.9. The summed E-state index contributed by atoms with van der Waals surface area (Å²) in [6, 6.07) is 16.4. The maximum Gasteiger partial charge on any atom is 0.412 e. The number of hydrogen-bond donors (Lipinski definition) is 1. The van der Waals surface area contributed by atoms with Gasteiger partial charge < -0.3 is 5.11 Å². The molecule has 0 spiro atoms. The molecule has 0 bridgehead atoms. The van der Waals surface area contributed by atoms with E-state index < -0.39 is 6.09 Å². The number of carboxylic acid groups (broad SMARTS) is 1. The fourth-order valence-corrected chi connectivity index (χ4v) is 4.62. The summed E-state index contributed by atoms with van der Waals surface area (Å²) in [4.78, 5) is 16.4. The van der Waals surface area contributed by atoms with Crippen LogP contribution >= 0.6 is 15.9 Å². The molecule has 0 radical (unpaired) electrons. The van der Waals surface area contributed by atoms with E-state index in [1.54, 1.807) is 4.90 Å². The molecule has 0 saturated heterocycles. The van der Waals surface area contributed by atoms with E-state index in [0.717, 1.165) is 47.0 Å². The number of halogens is 1. The predicted octanol–water partition coefficient (Wildman–Crippen LogP) is 6.64. The highest BCUT2D eigenvalue weighted by molar-refractivity contribution is 9.10. The van der Waals surface area contributed by atoms with Crippen molar-refractivity contribution < 1.29 is 9.90 Å². The minimum atomic E-state index is -0.882. The van der Waals surface area contributed by atoms with Gasteiger partial charge in [-0.2, -0.15) is 0 Å². The van der Waals surface area contributed by atoms with Crippen LogP contribution in [0.4, 0.5) is 10.5 Å². The van der Waals surface area contributed by atoms with Crippen LogP contribution in [0.2, 0.25) is 0 Å². The first-order chi connectivity index (χ1) is 13.7. The lowest BCUT2D eigenvalue weighted by atomic mass is 9.87. The normalized spacial score (nSPS) is 19.9. The number of hydrogen-bond acceptors (Lipinski definition) is 2. The summed E-state index contributed by atoms with van der Waals surface area (Å²) in [7, 11) is 2.18. The number of carbonyl (C=O) groups is 1. The van der Waals surface area contributed by atoms with Gasteiger partial charge in [-0.05, 0) is 71.2 Å². The molecule has 1 aliphatic rings. The largest absolute Gasteiger partial charge is 0.465 e. The fraction of sp³-hybridized carbons (Fsp3) is 0.458. The van der Waals surface area contributed by atoms with E-state index in [9.17, 15) is 9.90 Å². The van der Waals surface area contributed by atoms with Crippen molar-refractivity contribution in [3.8, 4) is 11.1 Å². The second-order valence-corrected chi connectivity index (χ2v) is 9.84. The minimum Gasteiger partial charge on any atom is -0.465 e. The van der Waals surface area contributed by atoms with Crippen LogP contribution in [0.15, 0.2) is 53.0 Å². The predicted molar refractivity (Wildman–Crippen MR) is 124 cm³/mol. The Balaban J connectivity index is 1.89. The van der Waals surface area contributed by atoms with Crippen LogP contribution in [0.25, 0.3) is 11.1 Å². The van der Waals surface area contributed by atoms with Gasteiger partial charge in [0.2, 0.25) is 0 Å². The van der Waals surface area contributed by atoms with Gasteiger partial charge in [-0.3, -0.25) is 9.80 Å². The standard InChI is InChI=1S/C24H31BrN2O2/c1-24(2,3)26(4)19-11-13-20(14-12-19)27(23(28)29)22-16-18(25)10-15-21(22)17-8-6-5-7-9-17/h5-10,15-16,19-20H,11-14H2,1-4H3,(H,28,29). The summed E-state index contributed by atoms with van der Waals surface area (Å²) in [6.07, 6.45) is 2.89. The summed E-state index contributed by atoms with van der Waals surface area (Å²) in [5.74, 6) is 0. The van der Waals surface area contributed by atoms with Crippen LogP contribution in [0, 0.1) is 0 Å². The molecule has 156 valence electrons. The lowest BCUT2D eigenvalue weighted by molar-refractivity contribution is 0.0863. The fourth-order valence-electron chi connectivity index (χ4n) is 4.27. The van der Waals surface area contributed by atoms with E-state index >= 15 is 0 Å². The molecular formula is C24H31BrN2O2. The van der Waals surface area contributed by atoms with Crippen molar-refractivity contribution in [3.05, 3.63) is 53.0 Å². The molecule has 2 aromatic carbocycles. The van der Waals surface area contributed by atoms with Crippen LogP contribution in [0.3, 0.4) is 0 Å². The first-order valence-electron chi connectivity index (χ1n) is 10.3. The van der Waals surface area contributed by atoms with Crippen molar-refractivity contribution in [1.29, 1.82) is 0 Å². The van der Waals surface area contributed by atoms with E-state index in [1.165, 1.54) is 0 Å². The molecule has 0 unspecified atom stereocenters. The third kappa shape index (κ3) is 5.01. The summed E-state index contributed by atoms with van der Waals surface area (Å²) in [5.41, 5.74) is 2.85. The average molecular weight is 459 g/mol. The molecule has 3 rings (SSSR count).